The summed E-state index contributed by atoms with van der Waals surface area (Å²) in [7, 11) is 4.11. The molecule has 0 aromatic carbocycles. The van der Waals surface area contributed by atoms with Crippen molar-refractivity contribution in [2.45, 2.75) is 19.9 Å². The molecule has 1 atom stereocenters. The van der Waals surface area contributed by atoms with Gasteiger partial charge in [-0.2, -0.15) is 0 Å². The molecule has 1 aromatic heterocycles. The number of aryl methyl sites for hydroxylation is 1. The Morgan fingerprint density at radius 3 is 2.57 bits per heavy atom. The number of nitrogens with zero attached hydrogens (tertiary/aromatic N) is 3. The van der Waals surface area contributed by atoms with Crippen LogP contribution in [0.5, 0.6) is 0 Å². The SMILES string of the molecule is Cc1nccnc1NC(C)CN(C)C. The van der Waals surface area contributed by atoms with Crippen molar-refractivity contribution in [2.24, 2.45) is 0 Å². The maximum atomic E-state index is 4.23. The van der Waals surface area contributed by atoms with E-state index < -0.39 is 0 Å². The lowest BCUT2D eigenvalue weighted by Crippen LogP contribution is -2.30. The van der Waals surface area contributed by atoms with E-state index in [1.54, 1.807) is 12.4 Å². The second kappa shape index (κ2) is 4.91. The molecule has 0 amide bonds. The van der Waals surface area contributed by atoms with E-state index in [1.165, 1.54) is 0 Å². The molecular weight excluding hydrogens is 176 g/mol. The number of likely N-dealkylation sites (N-methyl/N-ethyl adjacent to an activating group) is 1. The maximum absolute atomic E-state index is 4.23. The van der Waals surface area contributed by atoms with Crippen LogP contribution in [-0.4, -0.2) is 41.5 Å². The molecule has 0 aliphatic heterocycles. The van der Waals surface area contributed by atoms with E-state index in [2.05, 4.69) is 41.2 Å². The Labute approximate surface area is 85.4 Å². The van der Waals surface area contributed by atoms with Gasteiger partial charge in [-0.1, -0.05) is 0 Å². The van der Waals surface area contributed by atoms with Crippen molar-refractivity contribution in [3.05, 3.63) is 18.1 Å². The van der Waals surface area contributed by atoms with Crippen LogP contribution >= 0.6 is 0 Å². The minimum Gasteiger partial charge on any atom is -0.365 e. The molecule has 1 heterocycles. The summed E-state index contributed by atoms with van der Waals surface area (Å²) in [6.07, 6.45) is 3.41. The van der Waals surface area contributed by atoms with Crippen LogP contribution in [0.15, 0.2) is 12.4 Å². The Balaban J connectivity index is 2.56. The molecule has 0 aliphatic carbocycles. The van der Waals surface area contributed by atoms with Crippen molar-refractivity contribution in [3.63, 3.8) is 0 Å². The van der Waals surface area contributed by atoms with Gasteiger partial charge in [-0.25, -0.2) is 4.98 Å². The van der Waals surface area contributed by atoms with Gasteiger partial charge in [-0.3, -0.25) is 4.98 Å². The van der Waals surface area contributed by atoms with Crippen molar-refractivity contribution < 1.29 is 0 Å². The first-order chi connectivity index (χ1) is 6.59. The summed E-state index contributed by atoms with van der Waals surface area (Å²) in [6, 6.07) is 0.375. The third-order valence-corrected chi connectivity index (χ3v) is 1.90. The number of hydrogen-bond acceptors (Lipinski definition) is 4. The average Bonchev–Trinajstić information content (AvgIpc) is 2.07. The van der Waals surface area contributed by atoms with Gasteiger partial charge >= 0.3 is 0 Å². The van der Waals surface area contributed by atoms with Crippen molar-refractivity contribution in [1.82, 2.24) is 14.9 Å². The van der Waals surface area contributed by atoms with Crippen molar-refractivity contribution in [1.29, 1.82) is 0 Å². The Kier molecular flexibility index (Phi) is 3.83. The van der Waals surface area contributed by atoms with E-state index >= 15 is 0 Å². The van der Waals surface area contributed by atoms with Crippen LogP contribution in [0, 0.1) is 6.92 Å². The van der Waals surface area contributed by atoms with Gasteiger partial charge in [0.25, 0.3) is 0 Å². The standard InChI is InChI=1S/C10H18N4/c1-8(7-14(3)4)13-10-9(2)11-5-6-12-10/h5-6,8H,7H2,1-4H3,(H,12,13). The highest BCUT2D eigenvalue weighted by molar-refractivity contribution is 5.39. The highest BCUT2D eigenvalue weighted by Gasteiger charge is 2.05. The molecule has 0 fully saturated rings. The van der Waals surface area contributed by atoms with Crippen molar-refractivity contribution in [3.8, 4) is 0 Å². The molecule has 1 unspecified atom stereocenters. The summed E-state index contributed by atoms with van der Waals surface area (Å²) in [5.41, 5.74) is 0.943. The van der Waals surface area contributed by atoms with Gasteiger partial charge in [0.15, 0.2) is 0 Å². The van der Waals surface area contributed by atoms with Gasteiger partial charge in [0.2, 0.25) is 0 Å². The monoisotopic (exact) mass is 194 g/mol. The molecule has 0 saturated carbocycles. The summed E-state index contributed by atoms with van der Waals surface area (Å²) < 4.78 is 0. The van der Waals surface area contributed by atoms with E-state index in [0.29, 0.717) is 6.04 Å². The molecule has 0 radical (unpaired) electrons. The van der Waals surface area contributed by atoms with E-state index in [1.807, 2.05) is 6.92 Å². The number of anilines is 1. The molecular formula is C10H18N4. The first-order valence-electron chi connectivity index (χ1n) is 4.78. The number of rotatable bonds is 4. The fourth-order valence-electron chi connectivity index (χ4n) is 1.38. The maximum Gasteiger partial charge on any atom is 0.147 e. The summed E-state index contributed by atoms with van der Waals surface area (Å²) in [5.74, 6) is 0.877. The predicted octanol–water partition coefficient (Wildman–Crippen LogP) is 1.15. The minimum absolute atomic E-state index is 0.375. The molecule has 14 heavy (non-hydrogen) atoms. The normalized spacial score (nSPS) is 12.9. The Hall–Kier alpha value is -1.16. The van der Waals surface area contributed by atoms with Gasteiger partial charge in [-0.05, 0) is 27.9 Å². The topological polar surface area (TPSA) is 41.1 Å². The average molecular weight is 194 g/mol. The van der Waals surface area contributed by atoms with E-state index in [9.17, 15) is 0 Å². The highest BCUT2D eigenvalue weighted by Crippen LogP contribution is 2.07. The third-order valence-electron chi connectivity index (χ3n) is 1.90. The number of aromatic nitrogens is 2. The molecule has 0 spiro atoms. The van der Waals surface area contributed by atoms with Gasteiger partial charge in [0.05, 0.1) is 5.69 Å². The first kappa shape index (κ1) is 10.9. The fourth-order valence-corrected chi connectivity index (χ4v) is 1.38. The van der Waals surface area contributed by atoms with Crippen LogP contribution < -0.4 is 5.32 Å². The smallest absolute Gasteiger partial charge is 0.147 e. The van der Waals surface area contributed by atoms with E-state index in [4.69, 9.17) is 0 Å². The second-order valence-corrected chi connectivity index (χ2v) is 3.80. The van der Waals surface area contributed by atoms with Crippen molar-refractivity contribution >= 4 is 5.82 Å². The summed E-state index contributed by atoms with van der Waals surface area (Å²) in [4.78, 5) is 10.5. The fraction of sp³-hybridized carbons (Fsp3) is 0.600. The number of hydrogen-bond donors (Lipinski definition) is 1. The molecule has 4 nitrogen and oxygen atoms in total. The molecule has 1 N–H and O–H groups in total. The minimum atomic E-state index is 0.375. The molecule has 0 bridgehead atoms. The second-order valence-electron chi connectivity index (χ2n) is 3.80. The highest BCUT2D eigenvalue weighted by atomic mass is 15.1. The first-order valence-corrected chi connectivity index (χ1v) is 4.78. The zero-order chi connectivity index (χ0) is 10.6. The zero-order valence-electron chi connectivity index (χ0n) is 9.28. The lowest BCUT2D eigenvalue weighted by molar-refractivity contribution is 0.391. The molecule has 1 rings (SSSR count). The van der Waals surface area contributed by atoms with Crippen LogP contribution in [0.25, 0.3) is 0 Å². The molecule has 4 heteroatoms. The lowest BCUT2D eigenvalue weighted by Gasteiger charge is -2.19. The van der Waals surface area contributed by atoms with Crippen LogP contribution in [0.3, 0.4) is 0 Å². The molecule has 1 aromatic rings. The van der Waals surface area contributed by atoms with Gasteiger partial charge < -0.3 is 10.2 Å². The Bertz CT molecular complexity index is 285. The van der Waals surface area contributed by atoms with Crippen LogP contribution in [0.1, 0.15) is 12.6 Å². The van der Waals surface area contributed by atoms with Gasteiger partial charge in [-0.15, -0.1) is 0 Å². The summed E-state index contributed by atoms with van der Waals surface area (Å²) in [6.45, 7) is 5.07. The van der Waals surface area contributed by atoms with E-state index in [-0.39, 0.29) is 0 Å². The lowest BCUT2D eigenvalue weighted by atomic mass is 10.3. The molecule has 78 valence electrons. The van der Waals surface area contributed by atoms with Crippen LogP contribution in [-0.2, 0) is 0 Å². The quantitative estimate of drug-likeness (QED) is 0.780. The largest absolute Gasteiger partial charge is 0.365 e. The Morgan fingerprint density at radius 2 is 2.00 bits per heavy atom. The zero-order valence-corrected chi connectivity index (χ0v) is 9.28. The van der Waals surface area contributed by atoms with Crippen molar-refractivity contribution in [2.75, 3.05) is 26.0 Å². The molecule has 0 saturated heterocycles. The Morgan fingerprint density at radius 1 is 1.36 bits per heavy atom. The van der Waals surface area contributed by atoms with Gasteiger partial charge in [0, 0.05) is 25.0 Å². The summed E-state index contributed by atoms with van der Waals surface area (Å²) >= 11 is 0. The molecule has 0 aliphatic rings. The van der Waals surface area contributed by atoms with Gasteiger partial charge in [0.1, 0.15) is 5.82 Å². The number of nitrogens with one attached hydrogen (secondary N) is 1. The summed E-state index contributed by atoms with van der Waals surface area (Å²) in [5, 5.41) is 3.33. The predicted molar refractivity (Wildman–Crippen MR) is 58.4 cm³/mol. The van der Waals surface area contributed by atoms with Crippen LogP contribution in [0.4, 0.5) is 5.82 Å². The third kappa shape index (κ3) is 3.30. The van der Waals surface area contributed by atoms with E-state index in [0.717, 1.165) is 18.1 Å². The van der Waals surface area contributed by atoms with Crippen LogP contribution in [0.2, 0.25) is 0 Å².